The molecule has 2 aromatic rings. The average Bonchev–Trinajstić information content (AvgIpc) is 3.12. The van der Waals surface area contributed by atoms with E-state index in [-0.39, 0.29) is 25.0 Å². The van der Waals surface area contributed by atoms with Crippen LogP contribution in [0.5, 0.6) is 11.5 Å². The van der Waals surface area contributed by atoms with E-state index < -0.39 is 34.8 Å². The van der Waals surface area contributed by atoms with E-state index in [1.165, 1.54) is 32.4 Å². The number of methoxy groups -OCH3 is 3. The summed E-state index contributed by atoms with van der Waals surface area (Å²) in [7, 11) is 3.85. The van der Waals surface area contributed by atoms with Crippen molar-refractivity contribution in [1.82, 2.24) is 0 Å². The Morgan fingerprint density at radius 3 is 2.31 bits per heavy atom. The number of alkyl halides is 3. The predicted octanol–water partition coefficient (Wildman–Crippen LogP) is 5.49. The zero-order valence-corrected chi connectivity index (χ0v) is 20.6. The normalized spacial score (nSPS) is 21.9. The van der Waals surface area contributed by atoms with Crippen molar-refractivity contribution in [3.8, 4) is 11.5 Å². The van der Waals surface area contributed by atoms with E-state index in [2.05, 4.69) is 0 Å². The van der Waals surface area contributed by atoms with Crippen LogP contribution in [0.4, 0.5) is 13.2 Å². The topological polar surface area (TPSA) is 71.1 Å². The summed E-state index contributed by atoms with van der Waals surface area (Å²) in [5.74, 6) is -0.701. The van der Waals surface area contributed by atoms with Gasteiger partial charge in [-0.25, -0.2) is 4.79 Å². The van der Waals surface area contributed by atoms with Crippen molar-refractivity contribution < 1.29 is 41.7 Å². The molecule has 0 aromatic heterocycles. The molecular weight excluding hydrogens is 477 g/mol. The molecule has 0 radical (unpaired) electrons. The van der Waals surface area contributed by atoms with Gasteiger partial charge in [-0.2, -0.15) is 13.2 Å². The zero-order chi connectivity index (χ0) is 26.6. The van der Waals surface area contributed by atoms with Gasteiger partial charge in [0.2, 0.25) is 0 Å². The third-order valence-electron chi connectivity index (χ3n) is 6.66. The van der Waals surface area contributed by atoms with Gasteiger partial charge in [-0.05, 0) is 37.5 Å². The Labute approximate surface area is 208 Å². The summed E-state index contributed by atoms with van der Waals surface area (Å²) in [5, 5.41) is 0. The number of ketones is 1. The molecule has 0 N–H and O–H groups in total. The fourth-order valence-electron chi connectivity index (χ4n) is 4.48. The molecule has 1 fully saturated rings. The molecule has 2 aromatic carbocycles. The molecule has 194 valence electrons. The number of ether oxygens (including phenoxy) is 4. The van der Waals surface area contributed by atoms with Crippen LogP contribution in [0.15, 0.2) is 54.6 Å². The molecule has 0 amide bonds. The van der Waals surface area contributed by atoms with Crippen LogP contribution in [-0.4, -0.2) is 45.4 Å². The smallest absolute Gasteiger partial charge is 0.432 e. The van der Waals surface area contributed by atoms with E-state index in [4.69, 9.17) is 18.9 Å². The van der Waals surface area contributed by atoms with Crippen LogP contribution in [0.25, 0.3) is 6.08 Å². The molecule has 0 heterocycles. The van der Waals surface area contributed by atoms with Crippen LogP contribution < -0.4 is 9.47 Å². The minimum absolute atomic E-state index is 0.0932. The van der Waals surface area contributed by atoms with Gasteiger partial charge in [0.05, 0.1) is 19.6 Å². The quantitative estimate of drug-likeness (QED) is 0.419. The average molecular weight is 507 g/mol. The molecular formula is C27H29F3O6. The Bertz CT molecular complexity index is 1110. The first-order valence-electron chi connectivity index (χ1n) is 11.3. The van der Waals surface area contributed by atoms with Crippen LogP contribution in [0.2, 0.25) is 0 Å². The van der Waals surface area contributed by atoms with Crippen LogP contribution in [0.1, 0.15) is 37.3 Å². The first-order chi connectivity index (χ1) is 17.0. The molecule has 3 atom stereocenters. The van der Waals surface area contributed by atoms with E-state index in [0.29, 0.717) is 11.5 Å². The fraction of sp³-hybridized carbons (Fsp3) is 0.407. The van der Waals surface area contributed by atoms with E-state index >= 15 is 0 Å². The van der Waals surface area contributed by atoms with E-state index in [1.807, 2.05) is 0 Å². The molecule has 6 nitrogen and oxygen atoms in total. The summed E-state index contributed by atoms with van der Waals surface area (Å²) >= 11 is 0. The summed E-state index contributed by atoms with van der Waals surface area (Å²) in [6, 6.07) is 11.9. The monoisotopic (exact) mass is 506 g/mol. The van der Waals surface area contributed by atoms with Crippen LogP contribution in [-0.2, 0) is 24.7 Å². The van der Waals surface area contributed by atoms with Gasteiger partial charge in [0.1, 0.15) is 11.9 Å². The molecule has 0 aliphatic heterocycles. The predicted molar refractivity (Wildman–Crippen MR) is 127 cm³/mol. The third kappa shape index (κ3) is 4.97. The molecule has 1 aliphatic carbocycles. The number of allylic oxidation sites excluding steroid dienone is 1. The summed E-state index contributed by atoms with van der Waals surface area (Å²) in [6.07, 6.45) is -2.27. The number of rotatable bonds is 9. The van der Waals surface area contributed by atoms with Crippen molar-refractivity contribution in [3.05, 3.63) is 65.7 Å². The number of hydrogen-bond acceptors (Lipinski definition) is 6. The van der Waals surface area contributed by atoms with Crippen LogP contribution in [0, 0.1) is 5.41 Å². The molecule has 0 saturated heterocycles. The van der Waals surface area contributed by atoms with Crippen molar-refractivity contribution in [2.75, 3.05) is 21.3 Å². The number of carbonyl (C=O) groups is 2. The maximum atomic E-state index is 14.2. The summed E-state index contributed by atoms with van der Waals surface area (Å²) < 4.78 is 63.5. The van der Waals surface area contributed by atoms with Gasteiger partial charge < -0.3 is 18.9 Å². The lowest BCUT2D eigenvalue weighted by Crippen LogP contribution is -2.53. The van der Waals surface area contributed by atoms with E-state index in [1.54, 1.807) is 37.3 Å². The third-order valence-corrected chi connectivity index (χ3v) is 6.66. The molecule has 9 heteroatoms. The van der Waals surface area contributed by atoms with E-state index in [0.717, 1.165) is 24.8 Å². The lowest BCUT2D eigenvalue weighted by atomic mass is 9.81. The van der Waals surface area contributed by atoms with Crippen molar-refractivity contribution in [1.29, 1.82) is 0 Å². The highest BCUT2D eigenvalue weighted by atomic mass is 19.4. The van der Waals surface area contributed by atoms with Gasteiger partial charge in [-0.15, -0.1) is 0 Å². The summed E-state index contributed by atoms with van der Waals surface area (Å²) in [5.41, 5.74) is -4.12. The Morgan fingerprint density at radius 1 is 1.06 bits per heavy atom. The standard InChI is InChI=1S/C27H29F3O6/c1-25(16-8-9-18-12-13-20(33-2)21(17-18)34-3)22(31)14-15-23(25)36-24(32)26(35-4,27(28,29)30)19-10-6-5-7-11-19/h5-13,17,23H,14-16H2,1-4H3/b9-8+/t23-,25-,26-/m0/s1. The van der Waals surface area contributed by atoms with Gasteiger partial charge in [0.15, 0.2) is 11.5 Å². The number of esters is 1. The number of carbonyl (C=O) groups excluding carboxylic acids is 2. The minimum Gasteiger partial charge on any atom is -0.493 e. The highest BCUT2D eigenvalue weighted by Gasteiger charge is 2.65. The van der Waals surface area contributed by atoms with Crippen LogP contribution >= 0.6 is 0 Å². The van der Waals surface area contributed by atoms with Crippen molar-refractivity contribution in [2.24, 2.45) is 5.41 Å². The SMILES string of the molecule is COc1ccc(/C=C/C[C@@]2(C)C(=O)CC[C@@H]2OC(=O)[C@@](OC)(c2ccccc2)C(F)(F)F)cc1OC. The minimum atomic E-state index is -5.09. The molecule has 1 saturated carbocycles. The van der Waals surface area contributed by atoms with Gasteiger partial charge in [0.25, 0.3) is 5.60 Å². The zero-order valence-electron chi connectivity index (χ0n) is 20.6. The second kappa shape index (κ2) is 10.7. The Kier molecular flexibility index (Phi) is 8.13. The Hall–Kier alpha value is -3.33. The van der Waals surface area contributed by atoms with Gasteiger partial charge in [-0.1, -0.05) is 48.6 Å². The number of benzene rings is 2. The molecule has 0 bridgehead atoms. The maximum absolute atomic E-state index is 14.2. The first-order valence-corrected chi connectivity index (χ1v) is 11.3. The molecule has 3 rings (SSSR count). The van der Waals surface area contributed by atoms with Crippen molar-refractivity contribution in [2.45, 2.75) is 44.1 Å². The fourth-order valence-corrected chi connectivity index (χ4v) is 4.48. The summed E-state index contributed by atoms with van der Waals surface area (Å²) in [4.78, 5) is 25.9. The lowest BCUT2D eigenvalue weighted by molar-refractivity contribution is -0.279. The Balaban J connectivity index is 1.85. The molecule has 1 aliphatic rings. The number of halogens is 3. The lowest BCUT2D eigenvalue weighted by Gasteiger charge is -2.36. The number of hydrogen-bond donors (Lipinski definition) is 0. The Morgan fingerprint density at radius 2 is 1.72 bits per heavy atom. The van der Waals surface area contributed by atoms with Crippen molar-refractivity contribution >= 4 is 17.8 Å². The molecule has 0 unspecified atom stereocenters. The molecule has 0 spiro atoms. The summed E-state index contributed by atoms with van der Waals surface area (Å²) in [6.45, 7) is 1.60. The largest absolute Gasteiger partial charge is 0.493 e. The van der Waals surface area contributed by atoms with Crippen molar-refractivity contribution in [3.63, 3.8) is 0 Å². The van der Waals surface area contributed by atoms with E-state index in [9.17, 15) is 22.8 Å². The van der Waals surface area contributed by atoms with Gasteiger partial charge in [-0.3, -0.25) is 4.79 Å². The highest BCUT2D eigenvalue weighted by molar-refractivity contribution is 5.89. The maximum Gasteiger partial charge on any atom is 0.432 e. The second-order valence-electron chi connectivity index (χ2n) is 8.74. The van der Waals surface area contributed by atoms with Crippen LogP contribution in [0.3, 0.4) is 0 Å². The van der Waals surface area contributed by atoms with Gasteiger partial charge in [0, 0.05) is 19.1 Å². The number of Topliss-reactive ketones (excluding diaryl/α,β-unsaturated/α-hetero) is 1. The molecule has 36 heavy (non-hydrogen) atoms. The second-order valence-corrected chi connectivity index (χ2v) is 8.74. The van der Waals surface area contributed by atoms with Gasteiger partial charge >= 0.3 is 12.1 Å². The first kappa shape index (κ1) is 27.3. The highest BCUT2D eigenvalue weighted by Crippen LogP contribution is 2.46.